The topological polar surface area (TPSA) is 34.5 Å². The van der Waals surface area contributed by atoms with Crippen LogP contribution in [0.3, 0.4) is 0 Å². The van der Waals surface area contributed by atoms with Crippen LogP contribution in [0.15, 0.2) is 23.2 Å². The number of benzene rings is 1. The number of nitrogens with zero attached hydrogens (tertiary/aromatic N) is 2. The van der Waals surface area contributed by atoms with Crippen molar-refractivity contribution in [1.29, 1.82) is 0 Å². The second-order valence-corrected chi connectivity index (χ2v) is 5.32. The average Bonchev–Trinajstić information content (AvgIpc) is 2.65. The van der Waals surface area contributed by atoms with Gasteiger partial charge in [-0.25, -0.2) is 4.99 Å². The Kier molecular flexibility index (Phi) is 3.58. The molecule has 0 spiro atoms. The number of aryl methyl sites for hydroxylation is 1. The van der Waals surface area contributed by atoms with E-state index in [0.717, 1.165) is 21.7 Å². The minimum atomic E-state index is 0.443. The van der Waals surface area contributed by atoms with E-state index in [1.165, 1.54) is 20.9 Å². The number of methoxy groups -OCH3 is 1. The lowest BCUT2D eigenvalue weighted by Gasteiger charge is -2.04. The van der Waals surface area contributed by atoms with Crippen LogP contribution in [0.5, 0.6) is 5.75 Å². The fourth-order valence-electron chi connectivity index (χ4n) is 1.22. The number of aromatic nitrogens is 1. The molecular weight excluding hydrogens is 264 g/mol. The molecule has 0 saturated heterocycles. The minimum absolute atomic E-state index is 0.443. The molecule has 6 heteroatoms. The SMILES string of the molecule is COc1ccc(C)cc1N=c1ssnc1Cl. The Hall–Kier alpha value is -0.910. The third-order valence-electron chi connectivity index (χ3n) is 1.97. The third-order valence-corrected chi connectivity index (χ3v) is 4.14. The molecule has 2 rings (SSSR count). The fraction of sp³-hybridized carbons (Fsp3) is 0.200. The van der Waals surface area contributed by atoms with Gasteiger partial charge in [0.2, 0.25) is 0 Å². The van der Waals surface area contributed by atoms with Crippen molar-refractivity contribution in [1.82, 2.24) is 4.37 Å². The first kappa shape index (κ1) is 11.6. The highest BCUT2D eigenvalue weighted by molar-refractivity contribution is 7.66. The van der Waals surface area contributed by atoms with Gasteiger partial charge in [0.05, 0.1) is 7.11 Å². The van der Waals surface area contributed by atoms with Crippen LogP contribution in [-0.2, 0) is 0 Å². The zero-order valence-corrected chi connectivity index (χ0v) is 11.1. The van der Waals surface area contributed by atoms with Gasteiger partial charge in [-0.15, -0.1) is 0 Å². The van der Waals surface area contributed by atoms with E-state index in [2.05, 4.69) is 9.37 Å². The van der Waals surface area contributed by atoms with Crippen LogP contribution < -0.4 is 9.41 Å². The van der Waals surface area contributed by atoms with Crippen LogP contribution >= 0.6 is 32.5 Å². The lowest BCUT2D eigenvalue weighted by Crippen LogP contribution is -1.94. The van der Waals surface area contributed by atoms with E-state index < -0.39 is 0 Å². The Morgan fingerprint density at radius 2 is 2.25 bits per heavy atom. The number of halogens is 1. The quantitative estimate of drug-likeness (QED) is 0.785. The standard InChI is InChI=1S/C10H9ClN2OS2/c1-6-3-4-8(14-2)7(5-6)12-10-9(11)13-16-15-10/h3-5H,1-2H3. The van der Waals surface area contributed by atoms with Gasteiger partial charge < -0.3 is 4.74 Å². The monoisotopic (exact) mass is 272 g/mol. The average molecular weight is 273 g/mol. The Morgan fingerprint density at radius 1 is 1.44 bits per heavy atom. The molecule has 0 atom stereocenters. The second-order valence-electron chi connectivity index (χ2n) is 3.13. The molecule has 0 bridgehead atoms. The van der Waals surface area contributed by atoms with Gasteiger partial charge in [0.15, 0.2) is 9.82 Å². The molecule has 2 aromatic rings. The zero-order chi connectivity index (χ0) is 11.5. The Labute approximate surface area is 106 Å². The molecule has 3 nitrogen and oxygen atoms in total. The van der Waals surface area contributed by atoms with E-state index in [1.807, 2.05) is 25.1 Å². The van der Waals surface area contributed by atoms with Crippen molar-refractivity contribution >= 4 is 38.2 Å². The summed E-state index contributed by atoms with van der Waals surface area (Å²) in [7, 11) is 4.40. The first-order chi connectivity index (χ1) is 7.70. The molecule has 84 valence electrons. The van der Waals surface area contributed by atoms with Crippen LogP contribution in [0.25, 0.3) is 0 Å². The van der Waals surface area contributed by atoms with Gasteiger partial charge >= 0.3 is 0 Å². The highest BCUT2D eigenvalue weighted by Gasteiger charge is 2.03. The highest BCUT2D eigenvalue weighted by Crippen LogP contribution is 2.28. The van der Waals surface area contributed by atoms with Crippen LogP contribution in [-0.4, -0.2) is 11.5 Å². The molecule has 0 radical (unpaired) electrons. The van der Waals surface area contributed by atoms with Crippen LogP contribution in [0.4, 0.5) is 5.69 Å². The summed E-state index contributed by atoms with van der Waals surface area (Å²) >= 11 is 5.90. The van der Waals surface area contributed by atoms with Crippen molar-refractivity contribution in [2.75, 3.05) is 7.11 Å². The van der Waals surface area contributed by atoms with Crippen LogP contribution in [0, 0.1) is 6.92 Å². The molecule has 0 N–H and O–H groups in total. The Balaban J connectivity index is 2.57. The zero-order valence-electron chi connectivity index (χ0n) is 8.73. The van der Waals surface area contributed by atoms with Crippen LogP contribution in [0.2, 0.25) is 5.15 Å². The lowest BCUT2D eigenvalue weighted by molar-refractivity contribution is 0.416. The Bertz CT molecular complexity index is 562. The molecular formula is C10H9ClN2OS2. The second kappa shape index (κ2) is 4.95. The maximum atomic E-state index is 5.90. The van der Waals surface area contributed by atoms with Gasteiger partial charge in [-0.05, 0) is 35.0 Å². The lowest BCUT2D eigenvalue weighted by atomic mass is 10.2. The van der Waals surface area contributed by atoms with Gasteiger partial charge in [-0.3, -0.25) is 0 Å². The molecule has 0 amide bonds. The van der Waals surface area contributed by atoms with Gasteiger partial charge in [-0.2, -0.15) is 4.37 Å². The molecule has 1 heterocycles. The number of rotatable bonds is 2. The van der Waals surface area contributed by atoms with Crippen molar-refractivity contribution in [3.8, 4) is 5.75 Å². The Morgan fingerprint density at radius 3 is 2.88 bits per heavy atom. The first-order valence-electron chi connectivity index (χ1n) is 4.51. The molecule has 16 heavy (non-hydrogen) atoms. The molecule has 1 aromatic carbocycles. The maximum Gasteiger partial charge on any atom is 0.179 e. The summed E-state index contributed by atoms with van der Waals surface area (Å²) in [6.07, 6.45) is 0. The van der Waals surface area contributed by atoms with Crippen molar-refractivity contribution < 1.29 is 4.74 Å². The summed E-state index contributed by atoms with van der Waals surface area (Å²) in [6.45, 7) is 2.01. The summed E-state index contributed by atoms with van der Waals surface area (Å²) in [5, 5.41) is 0.443. The van der Waals surface area contributed by atoms with Gasteiger partial charge in [-0.1, -0.05) is 17.7 Å². The van der Waals surface area contributed by atoms with Crippen LogP contribution in [0.1, 0.15) is 5.56 Å². The summed E-state index contributed by atoms with van der Waals surface area (Å²) < 4.78 is 9.94. The smallest absolute Gasteiger partial charge is 0.179 e. The van der Waals surface area contributed by atoms with E-state index in [1.54, 1.807) is 7.11 Å². The highest BCUT2D eigenvalue weighted by atomic mass is 35.5. The summed E-state index contributed by atoms with van der Waals surface area (Å²) in [6, 6.07) is 5.83. The predicted octanol–water partition coefficient (Wildman–Crippen LogP) is 3.41. The molecule has 0 aliphatic carbocycles. The predicted molar refractivity (Wildman–Crippen MR) is 68.0 cm³/mol. The fourth-order valence-corrected chi connectivity index (χ4v) is 3.21. The van der Waals surface area contributed by atoms with E-state index >= 15 is 0 Å². The van der Waals surface area contributed by atoms with Gasteiger partial charge in [0, 0.05) is 10.5 Å². The number of hydrogen-bond acceptors (Lipinski definition) is 5. The molecule has 0 saturated carbocycles. The van der Waals surface area contributed by atoms with Crippen molar-refractivity contribution in [2.45, 2.75) is 6.92 Å². The molecule has 0 unspecified atom stereocenters. The largest absolute Gasteiger partial charge is 0.494 e. The number of hydrogen-bond donors (Lipinski definition) is 0. The van der Waals surface area contributed by atoms with Crippen molar-refractivity contribution in [2.24, 2.45) is 4.99 Å². The number of ether oxygens (including phenoxy) is 1. The molecule has 0 aliphatic rings. The normalized spacial score (nSPS) is 11.8. The molecule has 0 aliphatic heterocycles. The van der Waals surface area contributed by atoms with Gasteiger partial charge in [0.1, 0.15) is 11.4 Å². The minimum Gasteiger partial charge on any atom is -0.494 e. The molecule has 1 aromatic heterocycles. The van der Waals surface area contributed by atoms with E-state index in [-0.39, 0.29) is 0 Å². The summed E-state index contributed by atoms with van der Waals surface area (Å²) in [5.41, 5.74) is 1.91. The third kappa shape index (κ3) is 2.42. The van der Waals surface area contributed by atoms with Gasteiger partial charge in [0.25, 0.3) is 0 Å². The molecule has 0 fully saturated rings. The summed E-state index contributed by atoms with van der Waals surface area (Å²) in [5.74, 6) is 0.736. The van der Waals surface area contributed by atoms with E-state index in [9.17, 15) is 0 Å². The first-order valence-corrected chi connectivity index (χ1v) is 7.00. The van der Waals surface area contributed by atoms with Crippen molar-refractivity contribution in [3.05, 3.63) is 33.6 Å². The summed E-state index contributed by atoms with van der Waals surface area (Å²) in [4.78, 5) is 4.44. The van der Waals surface area contributed by atoms with E-state index in [4.69, 9.17) is 16.3 Å². The maximum absolute atomic E-state index is 5.90. The van der Waals surface area contributed by atoms with Crippen molar-refractivity contribution in [3.63, 3.8) is 0 Å². The van der Waals surface area contributed by atoms with E-state index in [0.29, 0.717) is 5.15 Å².